The molecule has 0 fully saturated rings. The summed E-state index contributed by atoms with van der Waals surface area (Å²) in [7, 11) is 1.75. The van der Waals surface area contributed by atoms with Crippen LogP contribution in [0.4, 0.5) is 0 Å². The molecule has 0 saturated carbocycles. The maximum atomic E-state index is 5.63. The van der Waals surface area contributed by atoms with Gasteiger partial charge in [0, 0.05) is 13.7 Å². The molecule has 0 aliphatic rings. The number of nitrogens with two attached hydrogens (primary N) is 1. The van der Waals surface area contributed by atoms with Gasteiger partial charge >= 0.3 is 0 Å². The second-order valence-corrected chi connectivity index (χ2v) is 4.08. The zero-order valence-electron chi connectivity index (χ0n) is 9.00. The maximum Gasteiger partial charge on any atom is 0.0726 e. The van der Waals surface area contributed by atoms with E-state index in [4.69, 9.17) is 10.5 Å². The quantitative estimate of drug-likeness (QED) is 0.689. The van der Waals surface area contributed by atoms with E-state index in [1.54, 1.807) is 7.11 Å². The third kappa shape index (κ3) is 3.11. The smallest absolute Gasteiger partial charge is 0.0726 e. The molecule has 0 aliphatic carbocycles. The summed E-state index contributed by atoms with van der Waals surface area (Å²) >= 11 is 0. The summed E-state index contributed by atoms with van der Waals surface area (Å²) in [5.74, 6) is 1.84. The second-order valence-electron chi connectivity index (χ2n) is 4.08. The molecule has 0 aliphatic heterocycles. The van der Waals surface area contributed by atoms with Crippen LogP contribution in [0.1, 0.15) is 27.7 Å². The van der Waals surface area contributed by atoms with Crippen molar-refractivity contribution in [1.29, 1.82) is 0 Å². The van der Waals surface area contributed by atoms with Crippen molar-refractivity contribution in [1.82, 2.24) is 0 Å². The van der Waals surface area contributed by atoms with E-state index in [0.717, 1.165) is 0 Å². The van der Waals surface area contributed by atoms with Crippen LogP contribution in [0.15, 0.2) is 0 Å². The van der Waals surface area contributed by atoms with Crippen LogP contribution in [0.25, 0.3) is 0 Å². The molecule has 0 spiro atoms. The van der Waals surface area contributed by atoms with Crippen molar-refractivity contribution < 1.29 is 4.74 Å². The van der Waals surface area contributed by atoms with Crippen molar-refractivity contribution in [2.24, 2.45) is 23.5 Å². The van der Waals surface area contributed by atoms with Gasteiger partial charge in [0.05, 0.1) is 6.10 Å². The van der Waals surface area contributed by atoms with Gasteiger partial charge in [-0.25, -0.2) is 0 Å². The molecule has 2 nitrogen and oxygen atoms in total. The minimum Gasteiger partial charge on any atom is -0.380 e. The lowest BCUT2D eigenvalue weighted by Gasteiger charge is -2.31. The van der Waals surface area contributed by atoms with Gasteiger partial charge in [-0.05, 0) is 17.8 Å². The topological polar surface area (TPSA) is 35.2 Å². The van der Waals surface area contributed by atoms with E-state index in [1.807, 2.05) is 0 Å². The molecule has 0 heterocycles. The first-order chi connectivity index (χ1) is 5.54. The van der Waals surface area contributed by atoms with Crippen LogP contribution in [0.2, 0.25) is 0 Å². The third-order valence-electron chi connectivity index (χ3n) is 2.50. The second kappa shape index (κ2) is 5.55. The zero-order valence-corrected chi connectivity index (χ0v) is 9.00. The lowest BCUT2D eigenvalue weighted by atomic mass is 9.81. The van der Waals surface area contributed by atoms with Gasteiger partial charge in [0.15, 0.2) is 0 Å². The Hall–Kier alpha value is -0.0800. The van der Waals surface area contributed by atoms with E-state index in [9.17, 15) is 0 Å². The molecule has 2 N–H and O–H groups in total. The Kier molecular flexibility index (Phi) is 5.51. The van der Waals surface area contributed by atoms with Gasteiger partial charge in [-0.2, -0.15) is 0 Å². The van der Waals surface area contributed by atoms with Crippen molar-refractivity contribution in [3.8, 4) is 0 Å². The average molecular weight is 173 g/mol. The SMILES string of the molecule is COC(CN)C(C(C)C)C(C)C. The Bertz CT molecular complexity index is 100. The first kappa shape index (κ1) is 11.9. The largest absolute Gasteiger partial charge is 0.380 e. The Morgan fingerprint density at radius 3 is 1.58 bits per heavy atom. The molecule has 0 radical (unpaired) electrons. The molecule has 1 unspecified atom stereocenters. The molecule has 1 atom stereocenters. The summed E-state index contributed by atoms with van der Waals surface area (Å²) < 4.78 is 5.36. The van der Waals surface area contributed by atoms with E-state index in [0.29, 0.717) is 24.3 Å². The molecule has 0 bridgehead atoms. The van der Waals surface area contributed by atoms with Crippen LogP contribution in [0.5, 0.6) is 0 Å². The Morgan fingerprint density at radius 1 is 1.08 bits per heavy atom. The normalized spacial score (nSPS) is 14.8. The lowest BCUT2D eigenvalue weighted by Crippen LogP contribution is -2.37. The number of methoxy groups -OCH3 is 1. The van der Waals surface area contributed by atoms with Crippen LogP contribution in [-0.2, 0) is 4.74 Å². The highest BCUT2D eigenvalue weighted by atomic mass is 16.5. The van der Waals surface area contributed by atoms with E-state index in [-0.39, 0.29) is 6.10 Å². The van der Waals surface area contributed by atoms with Crippen LogP contribution in [0.3, 0.4) is 0 Å². The first-order valence-corrected chi connectivity index (χ1v) is 4.77. The minimum atomic E-state index is 0.213. The molecule has 0 aromatic rings. The number of ether oxygens (including phenoxy) is 1. The fourth-order valence-electron chi connectivity index (χ4n) is 2.04. The molecule has 0 amide bonds. The van der Waals surface area contributed by atoms with Gasteiger partial charge in [0.2, 0.25) is 0 Å². The molecular formula is C10H23NO. The highest BCUT2D eigenvalue weighted by Gasteiger charge is 2.25. The molecule has 74 valence electrons. The van der Waals surface area contributed by atoms with Gasteiger partial charge in [-0.15, -0.1) is 0 Å². The molecule has 0 rings (SSSR count). The number of hydrogen-bond acceptors (Lipinski definition) is 2. The molecule has 0 aromatic heterocycles. The summed E-state index contributed by atoms with van der Waals surface area (Å²) in [6.07, 6.45) is 0.213. The summed E-state index contributed by atoms with van der Waals surface area (Å²) in [6.45, 7) is 9.54. The van der Waals surface area contributed by atoms with Gasteiger partial charge < -0.3 is 10.5 Å². The van der Waals surface area contributed by atoms with E-state index in [2.05, 4.69) is 27.7 Å². The maximum absolute atomic E-state index is 5.63. The van der Waals surface area contributed by atoms with Crippen LogP contribution >= 0.6 is 0 Å². The molecule has 12 heavy (non-hydrogen) atoms. The monoisotopic (exact) mass is 173 g/mol. The van der Waals surface area contributed by atoms with Gasteiger partial charge in [-0.1, -0.05) is 27.7 Å². The number of hydrogen-bond donors (Lipinski definition) is 1. The molecule has 0 aromatic carbocycles. The number of rotatable bonds is 5. The molecule has 2 heteroatoms. The van der Waals surface area contributed by atoms with Crippen molar-refractivity contribution in [2.75, 3.05) is 13.7 Å². The van der Waals surface area contributed by atoms with Crippen molar-refractivity contribution in [3.05, 3.63) is 0 Å². The summed E-state index contributed by atoms with van der Waals surface area (Å²) in [5.41, 5.74) is 5.63. The van der Waals surface area contributed by atoms with Gasteiger partial charge in [0.25, 0.3) is 0 Å². The third-order valence-corrected chi connectivity index (χ3v) is 2.50. The van der Waals surface area contributed by atoms with Gasteiger partial charge in [-0.3, -0.25) is 0 Å². The van der Waals surface area contributed by atoms with Crippen molar-refractivity contribution in [2.45, 2.75) is 33.8 Å². The van der Waals surface area contributed by atoms with E-state index < -0.39 is 0 Å². The highest BCUT2D eigenvalue weighted by Crippen LogP contribution is 2.25. The van der Waals surface area contributed by atoms with Gasteiger partial charge in [0.1, 0.15) is 0 Å². The fourth-order valence-corrected chi connectivity index (χ4v) is 2.04. The molecule has 0 saturated heterocycles. The molecular weight excluding hydrogens is 150 g/mol. The van der Waals surface area contributed by atoms with Crippen LogP contribution in [0, 0.1) is 17.8 Å². The predicted molar refractivity (Wildman–Crippen MR) is 53.0 cm³/mol. The van der Waals surface area contributed by atoms with Crippen molar-refractivity contribution in [3.63, 3.8) is 0 Å². The van der Waals surface area contributed by atoms with E-state index >= 15 is 0 Å². The summed E-state index contributed by atoms with van der Waals surface area (Å²) in [6, 6.07) is 0. The van der Waals surface area contributed by atoms with Crippen LogP contribution in [-0.4, -0.2) is 19.8 Å². The van der Waals surface area contributed by atoms with E-state index in [1.165, 1.54) is 0 Å². The Labute approximate surface area is 76.5 Å². The van der Waals surface area contributed by atoms with Crippen molar-refractivity contribution >= 4 is 0 Å². The average Bonchev–Trinajstić information content (AvgIpc) is 1.98. The Morgan fingerprint density at radius 2 is 1.50 bits per heavy atom. The standard InChI is InChI=1S/C10H23NO/c1-7(2)10(8(3)4)9(6-11)12-5/h7-10H,6,11H2,1-5H3. The lowest BCUT2D eigenvalue weighted by molar-refractivity contribution is 0.0186. The minimum absolute atomic E-state index is 0.213. The highest BCUT2D eigenvalue weighted by molar-refractivity contribution is 4.76. The Balaban J connectivity index is 4.26. The summed E-state index contributed by atoms with van der Waals surface area (Å²) in [4.78, 5) is 0. The fraction of sp³-hybridized carbons (Fsp3) is 1.00. The van der Waals surface area contributed by atoms with Crippen LogP contribution < -0.4 is 5.73 Å². The predicted octanol–water partition coefficient (Wildman–Crippen LogP) is 1.89. The summed E-state index contributed by atoms with van der Waals surface area (Å²) in [5, 5.41) is 0. The first-order valence-electron chi connectivity index (χ1n) is 4.77. The zero-order chi connectivity index (χ0) is 9.72.